The van der Waals surface area contributed by atoms with Crippen molar-refractivity contribution in [2.24, 2.45) is 0 Å². The molecule has 4 nitrogen and oxygen atoms in total. The molecule has 2 aromatic rings. The summed E-state index contributed by atoms with van der Waals surface area (Å²) in [4.78, 5) is 22.0. The van der Waals surface area contributed by atoms with Crippen LogP contribution >= 0.6 is 0 Å². The molecule has 0 aliphatic carbocycles. The van der Waals surface area contributed by atoms with Gasteiger partial charge >= 0.3 is 11.9 Å². The van der Waals surface area contributed by atoms with Crippen molar-refractivity contribution >= 4 is 60.4 Å². The van der Waals surface area contributed by atoms with Gasteiger partial charge in [-0.25, -0.2) is 9.59 Å². The van der Waals surface area contributed by atoms with Crippen LogP contribution in [0.5, 0.6) is 0 Å². The fourth-order valence-electron chi connectivity index (χ4n) is 1.68. The molecular formula is C12H8Li2O4. The zero-order valence-corrected chi connectivity index (χ0v) is 10.2. The zero-order chi connectivity index (χ0) is 11.7. The quantitative estimate of drug-likeness (QED) is 0.766. The van der Waals surface area contributed by atoms with Gasteiger partial charge in [0.1, 0.15) is 0 Å². The SMILES string of the molecule is O=C(O)c1ccc2ccccc2c1C(=O)O.[Li].[Li]. The summed E-state index contributed by atoms with van der Waals surface area (Å²) in [7, 11) is 0. The number of carboxylic acid groups (broad SMARTS) is 2. The first-order valence-electron chi connectivity index (χ1n) is 4.59. The average Bonchev–Trinajstić information content (AvgIpc) is 2.27. The Morgan fingerprint density at radius 1 is 0.833 bits per heavy atom. The van der Waals surface area contributed by atoms with Crippen molar-refractivity contribution in [2.75, 3.05) is 0 Å². The van der Waals surface area contributed by atoms with Crippen LogP contribution in [0.1, 0.15) is 20.7 Å². The van der Waals surface area contributed by atoms with E-state index in [9.17, 15) is 9.59 Å². The monoisotopic (exact) mass is 230 g/mol. The number of fused-ring (bicyclic) bond motifs is 1. The van der Waals surface area contributed by atoms with Gasteiger partial charge in [0.05, 0.1) is 11.1 Å². The summed E-state index contributed by atoms with van der Waals surface area (Å²) in [6.45, 7) is 0. The van der Waals surface area contributed by atoms with Gasteiger partial charge in [0.2, 0.25) is 0 Å². The van der Waals surface area contributed by atoms with Crippen molar-refractivity contribution in [2.45, 2.75) is 0 Å². The predicted octanol–water partition coefficient (Wildman–Crippen LogP) is 1.47. The number of hydrogen-bond donors (Lipinski definition) is 2. The molecule has 0 atom stereocenters. The molecule has 0 amide bonds. The third kappa shape index (κ3) is 2.99. The van der Waals surface area contributed by atoms with Crippen molar-refractivity contribution in [3.8, 4) is 0 Å². The van der Waals surface area contributed by atoms with Crippen molar-refractivity contribution in [3.05, 3.63) is 47.5 Å². The Bertz CT molecular complexity index is 596. The molecule has 2 aromatic carbocycles. The molecule has 0 heterocycles. The van der Waals surface area contributed by atoms with E-state index in [0.717, 1.165) is 0 Å². The molecule has 0 fully saturated rings. The molecule has 18 heavy (non-hydrogen) atoms. The standard InChI is InChI=1S/C12H8O4.2Li/c13-11(14)9-6-5-7-3-1-2-4-8(7)10(9)12(15)16;;/h1-6H,(H,13,14)(H,15,16);;. The van der Waals surface area contributed by atoms with Gasteiger partial charge in [-0.2, -0.15) is 0 Å². The molecule has 2 N–H and O–H groups in total. The zero-order valence-electron chi connectivity index (χ0n) is 10.2. The molecule has 2 rings (SSSR count). The van der Waals surface area contributed by atoms with Gasteiger partial charge in [-0.05, 0) is 16.8 Å². The maximum atomic E-state index is 11.1. The van der Waals surface area contributed by atoms with Gasteiger partial charge in [-0.3, -0.25) is 0 Å². The van der Waals surface area contributed by atoms with Crippen molar-refractivity contribution in [3.63, 3.8) is 0 Å². The van der Waals surface area contributed by atoms with Crippen LogP contribution < -0.4 is 0 Å². The van der Waals surface area contributed by atoms with E-state index in [2.05, 4.69) is 0 Å². The van der Waals surface area contributed by atoms with Crippen LogP contribution in [-0.4, -0.2) is 59.9 Å². The Kier molecular flexibility index (Phi) is 6.25. The minimum atomic E-state index is -1.23. The normalized spacial score (nSPS) is 9.11. The first-order valence-corrected chi connectivity index (χ1v) is 4.59. The Morgan fingerprint density at radius 2 is 1.44 bits per heavy atom. The van der Waals surface area contributed by atoms with E-state index in [4.69, 9.17) is 10.2 Å². The maximum absolute atomic E-state index is 11.1. The van der Waals surface area contributed by atoms with E-state index >= 15 is 0 Å². The van der Waals surface area contributed by atoms with E-state index in [1.165, 1.54) is 6.07 Å². The number of hydrogen-bond acceptors (Lipinski definition) is 2. The van der Waals surface area contributed by atoms with Gasteiger partial charge in [0.15, 0.2) is 0 Å². The molecule has 82 valence electrons. The molecule has 0 bridgehead atoms. The van der Waals surface area contributed by atoms with E-state index in [-0.39, 0.29) is 48.8 Å². The van der Waals surface area contributed by atoms with Crippen LogP contribution in [0.25, 0.3) is 10.8 Å². The Hall–Kier alpha value is -1.17. The van der Waals surface area contributed by atoms with Gasteiger partial charge in [-0.15, -0.1) is 0 Å². The molecule has 6 heteroatoms. The largest absolute Gasteiger partial charge is 0.478 e. The minimum absolute atomic E-state index is 0. The fraction of sp³-hybridized carbons (Fsp3) is 0. The Morgan fingerprint density at radius 3 is 2.00 bits per heavy atom. The topological polar surface area (TPSA) is 74.6 Å². The summed E-state index contributed by atoms with van der Waals surface area (Å²) in [5, 5.41) is 19.1. The average molecular weight is 230 g/mol. The molecule has 0 aromatic heterocycles. The molecule has 0 saturated heterocycles. The van der Waals surface area contributed by atoms with E-state index in [1.807, 2.05) is 0 Å². The van der Waals surface area contributed by atoms with Crippen molar-refractivity contribution < 1.29 is 19.8 Å². The van der Waals surface area contributed by atoms with Crippen LogP contribution in [-0.2, 0) is 0 Å². The summed E-state index contributed by atoms with van der Waals surface area (Å²) in [5.74, 6) is -2.46. The molecule has 0 aliphatic heterocycles. The van der Waals surface area contributed by atoms with Crippen LogP contribution in [0.3, 0.4) is 0 Å². The minimum Gasteiger partial charge on any atom is -0.478 e. The number of carbonyl (C=O) groups is 2. The number of carboxylic acids is 2. The first kappa shape index (κ1) is 16.8. The number of rotatable bonds is 2. The van der Waals surface area contributed by atoms with E-state index in [1.54, 1.807) is 30.3 Å². The molecular weight excluding hydrogens is 222 g/mol. The molecule has 0 unspecified atom stereocenters. The third-order valence-corrected chi connectivity index (χ3v) is 2.37. The molecule has 0 aliphatic rings. The van der Waals surface area contributed by atoms with Crippen LogP contribution in [0, 0.1) is 0 Å². The second-order valence-corrected chi connectivity index (χ2v) is 3.32. The molecule has 0 saturated carbocycles. The van der Waals surface area contributed by atoms with E-state index < -0.39 is 11.9 Å². The van der Waals surface area contributed by atoms with Crippen LogP contribution in [0.2, 0.25) is 0 Å². The fourth-order valence-corrected chi connectivity index (χ4v) is 1.68. The third-order valence-electron chi connectivity index (χ3n) is 2.37. The number of benzene rings is 2. The Labute approximate surface area is 127 Å². The van der Waals surface area contributed by atoms with Gasteiger partial charge < -0.3 is 10.2 Å². The predicted molar refractivity (Wildman–Crippen MR) is 69.4 cm³/mol. The van der Waals surface area contributed by atoms with Gasteiger partial charge in [0, 0.05) is 37.7 Å². The summed E-state index contributed by atoms with van der Waals surface area (Å²) < 4.78 is 0. The second-order valence-electron chi connectivity index (χ2n) is 3.32. The van der Waals surface area contributed by atoms with Gasteiger partial charge in [-0.1, -0.05) is 30.3 Å². The number of aromatic carboxylic acids is 2. The maximum Gasteiger partial charge on any atom is 0.337 e. The summed E-state index contributed by atoms with van der Waals surface area (Å²) in [6, 6.07) is 9.72. The van der Waals surface area contributed by atoms with Crippen LogP contribution in [0.15, 0.2) is 36.4 Å². The van der Waals surface area contributed by atoms with Gasteiger partial charge in [0.25, 0.3) is 0 Å². The second kappa shape index (κ2) is 6.68. The molecule has 0 spiro atoms. The van der Waals surface area contributed by atoms with Crippen LogP contribution in [0.4, 0.5) is 0 Å². The molecule has 2 radical (unpaired) electrons. The summed E-state index contributed by atoms with van der Waals surface area (Å²) in [5.41, 5.74) is -0.350. The Balaban J connectivity index is 0.00000144. The van der Waals surface area contributed by atoms with Crippen molar-refractivity contribution in [1.82, 2.24) is 0 Å². The van der Waals surface area contributed by atoms with Crippen molar-refractivity contribution in [1.29, 1.82) is 0 Å². The first-order chi connectivity index (χ1) is 7.61. The summed E-state index contributed by atoms with van der Waals surface area (Å²) in [6.07, 6.45) is 0. The van der Waals surface area contributed by atoms with E-state index in [0.29, 0.717) is 10.8 Å². The smallest absolute Gasteiger partial charge is 0.337 e. The summed E-state index contributed by atoms with van der Waals surface area (Å²) >= 11 is 0.